The molecule has 2 atom stereocenters. The molecule has 0 aliphatic carbocycles. The van der Waals surface area contributed by atoms with Crippen molar-refractivity contribution in [1.82, 2.24) is 4.98 Å². The summed E-state index contributed by atoms with van der Waals surface area (Å²) in [5.41, 5.74) is 8.10. The molecule has 0 aliphatic heterocycles. The molecule has 0 aromatic carbocycles. The zero-order valence-corrected chi connectivity index (χ0v) is 13.2. The van der Waals surface area contributed by atoms with Crippen molar-refractivity contribution in [2.24, 2.45) is 5.73 Å². The van der Waals surface area contributed by atoms with Crippen molar-refractivity contribution < 1.29 is 0 Å². The minimum atomic E-state index is 0.0397. The molecule has 0 aliphatic rings. The lowest BCUT2D eigenvalue weighted by Gasteiger charge is -2.26. The van der Waals surface area contributed by atoms with E-state index in [0.29, 0.717) is 6.04 Å². The smallest absolute Gasteiger partial charge is 0.0572 e. The summed E-state index contributed by atoms with van der Waals surface area (Å²) in [4.78, 5) is 8.18. The van der Waals surface area contributed by atoms with Gasteiger partial charge in [-0.15, -0.1) is 11.3 Å². The van der Waals surface area contributed by atoms with Crippen LogP contribution in [0.3, 0.4) is 0 Å². The minimum absolute atomic E-state index is 0.0397. The molecule has 2 aromatic heterocycles. The first-order valence-electron chi connectivity index (χ1n) is 7.08. The summed E-state index contributed by atoms with van der Waals surface area (Å²) in [5.74, 6) is 0. The van der Waals surface area contributed by atoms with E-state index in [-0.39, 0.29) is 6.04 Å². The number of thiophene rings is 1. The fourth-order valence-corrected chi connectivity index (χ4v) is 2.97. The van der Waals surface area contributed by atoms with Crippen LogP contribution in [0.1, 0.15) is 36.9 Å². The molecule has 0 saturated heterocycles. The Morgan fingerprint density at radius 2 is 2.15 bits per heavy atom. The topological polar surface area (TPSA) is 42.1 Å². The molecular formula is C16H23N3S. The van der Waals surface area contributed by atoms with E-state index >= 15 is 0 Å². The summed E-state index contributed by atoms with van der Waals surface area (Å²) in [5, 5.41) is 2.13. The van der Waals surface area contributed by atoms with Crippen molar-refractivity contribution in [2.75, 3.05) is 11.9 Å². The van der Waals surface area contributed by atoms with Gasteiger partial charge >= 0.3 is 0 Å². The van der Waals surface area contributed by atoms with Gasteiger partial charge in [0.2, 0.25) is 0 Å². The number of nitrogens with zero attached hydrogens (tertiary/aromatic N) is 2. The molecule has 4 heteroatoms. The Morgan fingerprint density at radius 1 is 1.35 bits per heavy atom. The van der Waals surface area contributed by atoms with Gasteiger partial charge in [0.25, 0.3) is 0 Å². The highest BCUT2D eigenvalue weighted by atomic mass is 32.1. The third-order valence-corrected chi connectivity index (χ3v) is 4.63. The van der Waals surface area contributed by atoms with Crippen LogP contribution in [0.2, 0.25) is 0 Å². The van der Waals surface area contributed by atoms with E-state index in [1.54, 1.807) is 0 Å². The number of likely N-dealkylation sites (N-methyl/N-ethyl adjacent to an activating group) is 1. The Kier molecular flexibility index (Phi) is 5.15. The summed E-state index contributed by atoms with van der Waals surface area (Å²) in [6, 6.07) is 8.94. The van der Waals surface area contributed by atoms with Crippen molar-refractivity contribution in [3.63, 3.8) is 0 Å². The van der Waals surface area contributed by atoms with Crippen LogP contribution in [-0.4, -0.2) is 18.1 Å². The predicted octanol–water partition coefficient (Wildman–Crippen LogP) is 3.62. The molecule has 2 rings (SSSR count). The number of pyridine rings is 1. The average Bonchev–Trinajstić information content (AvgIpc) is 2.98. The van der Waals surface area contributed by atoms with Crippen LogP contribution in [-0.2, 0) is 6.42 Å². The molecule has 20 heavy (non-hydrogen) atoms. The van der Waals surface area contributed by atoms with Gasteiger partial charge in [-0.2, -0.15) is 0 Å². The van der Waals surface area contributed by atoms with Crippen molar-refractivity contribution >= 4 is 17.0 Å². The second-order valence-corrected chi connectivity index (χ2v) is 6.23. The molecule has 0 fully saturated rings. The first kappa shape index (κ1) is 15.0. The van der Waals surface area contributed by atoms with Gasteiger partial charge in [-0.1, -0.05) is 13.0 Å². The molecule has 1 unspecified atom stereocenters. The number of aromatic nitrogens is 1. The Hall–Kier alpha value is -1.39. The average molecular weight is 289 g/mol. The van der Waals surface area contributed by atoms with Crippen LogP contribution < -0.4 is 10.6 Å². The molecular weight excluding hydrogens is 266 g/mol. The monoisotopic (exact) mass is 289 g/mol. The number of anilines is 1. The van der Waals surface area contributed by atoms with Gasteiger partial charge in [0.1, 0.15) is 0 Å². The zero-order chi connectivity index (χ0) is 14.5. The van der Waals surface area contributed by atoms with Crippen LogP contribution in [0.25, 0.3) is 0 Å². The zero-order valence-electron chi connectivity index (χ0n) is 12.4. The molecule has 0 saturated carbocycles. The van der Waals surface area contributed by atoms with Crippen molar-refractivity contribution in [3.05, 3.63) is 46.4 Å². The van der Waals surface area contributed by atoms with E-state index in [1.807, 2.05) is 23.6 Å². The van der Waals surface area contributed by atoms with Gasteiger partial charge in [-0.05, 0) is 36.9 Å². The quantitative estimate of drug-likeness (QED) is 0.883. The first-order chi connectivity index (χ1) is 9.61. The number of nitrogens with two attached hydrogens (primary N) is 1. The minimum Gasteiger partial charge on any atom is -0.370 e. The van der Waals surface area contributed by atoms with E-state index in [2.05, 4.69) is 54.4 Å². The fourth-order valence-electron chi connectivity index (χ4n) is 2.15. The Labute approximate surface area is 125 Å². The van der Waals surface area contributed by atoms with Crippen molar-refractivity contribution in [1.29, 1.82) is 0 Å². The number of hydrogen-bond acceptors (Lipinski definition) is 4. The van der Waals surface area contributed by atoms with Gasteiger partial charge < -0.3 is 10.6 Å². The van der Waals surface area contributed by atoms with Crippen LogP contribution in [0.15, 0.2) is 35.8 Å². The highest BCUT2D eigenvalue weighted by molar-refractivity contribution is 7.09. The summed E-state index contributed by atoms with van der Waals surface area (Å²) >= 11 is 1.81. The number of rotatable bonds is 6. The summed E-state index contributed by atoms with van der Waals surface area (Å²) in [6.07, 6.45) is 3.90. The van der Waals surface area contributed by atoms with Gasteiger partial charge in [-0.25, -0.2) is 0 Å². The van der Waals surface area contributed by atoms with Crippen LogP contribution in [0.5, 0.6) is 0 Å². The molecule has 2 aromatic rings. The van der Waals surface area contributed by atoms with Gasteiger partial charge in [0, 0.05) is 30.4 Å². The molecule has 0 amide bonds. The third kappa shape index (κ3) is 3.58. The van der Waals surface area contributed by atoms with E-state index in [0.717, 1.165) is 24.2 Å². The Bertz CT molecular complexity index is 507. The second kappa shape index (κ2) is 6.86. The molecule has 0 radical (unpaired) electrons. The van der Waals surface area contributed by atoms with Crippen LogP contribution >= 0.6 is 11.3 Å². The van der Waals surface area contributed by atoms with Gasteiger partial charge in [0.05, 0.1) is 17.6 Å². The lowest BCUT2D eigenvalue weighted by molar-refractivity contribution is 0.668. The third-order valence-electron chi connectivity index (χ3n) is 3.74. The van der Waals surface area contributed by atoms with Crippen molar-refractivity contribution in [3.8, 4) is 0 Å². The van der Waals surface area contributed by atoms with E-state index in [9.17, 15) is 0 Å². The van der Waals surface area contributed by atoms with Crippen molar-refractivity contribution in [2.45, 2.75) is 38.8 Å². The SMILES string of the molecule is CC[C@H](N)c1ccc(N(C)C(C)Cc2cccs2)cn1. The molecule has 0 bridgehead atoms. The maximum atomic E-state index is 6.00. The predicted molar refractivity (Wildman–Crippen MR) is 87.3 cm³/mol. The van der Waals surface area contributed by atoms with Crippen LogP contribution in [0.4, 0.5) is 5.69 Å². The van der Waals surface area contributed by atoms with E-state index < -0.39 is 0 Å². The lowest BCUT2D eigenvalue weighted by Crippen LogP contribution is -2.30. The summed E-state index contributed by atoms with van der Waals surface area (Å²) in [7, 11) is 2.12. The summed E-state index contributed by atoms with van der Waals surface area (Å²) < 4.78 is 0. The molecule has 108 valence electrons. The normalized spacial score (nSPS) is 14.0. The van der Waals surface area contributed by atoms with Gasteiger partial charge in [0.15, 0.2) is 0 Å². The second-order valence-electron chi connectivity index (χ2n) is 5.20. The maximum Gasteiger partial charge on any atom is 0.0572 e. The van der Waals surface area contributed by atoms with E-state index in [1.165, 1.54) is 4.88 Å². The maximum absolute atomic E-state index is 6.00. The highest BCUT2D eigenvalue weighted by Crippen LogP contribution is 2.20. The standard InChI is InChI=1S/C16H23N3S/c1-4-15(17)16-8-7-13(11-18-16)19(3)12(2)10-14-6-5-9-20-14/h5-9,11-12,15H,4,10,17H2,1-3H3/t12?,15-/m0/s1. The Morgan fingerprint density at radius 3 is 2.70 bits per heavy atom. The van der Waals surface area contributed by atoms with E-state index in [4.69, 9.17) is 5.73 Å². The molecule has 2 N–H and O–H groups in total. The largest absolute Gasteiger partial charge is 0.370 e. The fraction of sp³-hybridized carbons (Fsp3) is 0.438. The molecule has 3 nitrogen and oxygen atoms in total. The molecule has 2 heterocycles. The molecule has 0 spiro atoms. The lowest BCUT2D eigenvalue weighted by atomic mass is 10.1. The summed E-state index contributed by atoms with van der Waals surface area (Å²) in [6.45, 7) is 4.32. The van der Waals surface area contributed by atoms with Crippen LogP contribution in [0, 0.1) is 0 Å². The highest BCUT2D eigenvalue weighted by Gasteiger charge is 2.12. The number of hydrogen-bond donors (Lipinski definition) is 1. The van der Waals surface area contributed by atoms with Gasteiger partial charge in [-0.3, -0.25) is 4.98 Å². The Balaban J connectivity index is 2.02. The first-order valence-corrected chi connectivity index (χ1v) is 7.96.